The van der Waals surface area contributed by atoms with Crippen molar-refractivity contribution in [2.75, 3.05) is 19.6 Å². The average molecular weight is 328 g/mol. The monoisotopic (exact) mass is 327 g/mol. The van der Waals surface area contributed by atoms with Crippen LogP contribution in [0.4, 0.5) is 0 Å². The second-order valence-corrected chi connectivity index (χ2v) is 7.76. The number of likely N-dealkylation sites (tertiary alicyclic amines) is 1. The Kier molecular flexibility index (Phi) is 4.80. The number of hydrogen-bond donors (Lipinski definition) is 1. The van der Waals surface area contributed by atoms with E-state index in [1.165, 1.54) is 55.2 Å². The van der Waals surface area contributed by atoms with Crippen LogP contribution in [0.25, 0.3) is 0 Å². The molecular weight excluding hydrogens is 303 g/mol. The lowest BCUT2D eigenvalue weighted by Crippen LogP contribution is -2.52. The van der Waals surface area contributed by atoms with E-state index in [0.717, 1.165) is 29.2 Å². The van der Waals surface area contributed by atoms with Gasteiger partial charge in [0.05, 0.1) is 19.1 Å². The first kappa shape index (κ1) is 15.6. The molecule has 21 heavy (non-hydrogen) atoms. The van der Waals surface area contributed by atoms with Gasteiger partial charge in [-0.2, -0.15) is 0 Å². The van der Waals surface area contributed by atoms with E-state index in [-0.39, 0.29) is 0 Å². The minimum absolute atomic E-state index is 0.681. The Bertz CT molecular complexity index is 479. The van der Waals surface area contributed by atoms with E-state index in [0.29, 0.717) is 5.92 Å². The van der Waals surface area contributed by atoms with Crippen LogP contribution in [0.1, 0.15) is 37.7 Å². The largest absolute Gasteiger partial charge is 0.330 e. The second kappa shape index (κ2) is 6.45. The predicted molar refractivity (Wildman–Crippen MR) is 89.6 cm³/mol. The van der Waals surface area contributed by atoms with Gasteiger partial charge in [-0.1, -0.05) is 23.2 Å². The summed E-state index contributed by atoms with van der Waals surface area (Å²) in [4.78, 5) is 0. The van der Waals surface area contributed by atoms with Crippen molar-refractivity contribution in [3.63, 3.8) is 0 Å². The standard InChI is InChI=1S/C17H25Cl2N2/c18-15-7-14(8-16(19)9-15)12-21(17-3-1-2-4-17)6-5-13(10-20)11-21/h7-9,13,17H,1-6,10-12,20H2/q+1/t13-,21?/m1/s1. The fourth-order valence-corrected chi connectivity index (χ4v) is 5.02. The lowest BCUT2D eigenvalue weighted by molar-refractivity contribution is -0.953. The molecule has 2 nitrogen and oxygen atoms in total. The maximum absolute atomic E-state index is 6.19. The van der Waals surface area contributed by atoms with Crippen molar-refractivity contribution in [2.24, 2.45) is 11.7 Å². The molecular formula is C17H25Cl2N2+. The van der Waals surface area contributed by atoms with Gasteiger partial charge in [-0.25, -0.2) is 0 Å². The van der Waals surface area contributed by atoms with E-state index in [2.05, 4.69) is 12.1 Å². The lowest BCUT2D eigenvalue weighted by atomic mass is 10.1. The van der Waals surface area contributed by atoms with Crippen molar-refractivity contribution in [1.29, 1.82) is 0 Å². The van der Waals surface area contributed by atoms with Gasteiger partial charge in [-0.3, -0.25) is 0 Å². The molecule has 3 rings (SSSR count). The zero-order valence-electron chi connectivity index (χ0n) is 12.5. The summed E-state index contributed by atoms with van der Waals surface area (Å²) in [6.45, 7) is 4.37. The molecule has 0 aromatic heterocycles. The topological polar surface area (TPSA) is 26.0 Å². The smallest absolute Gasteiger partial charge is 0.105 e. The zero-order valence-corrected chi connectivity index (χ0v) is 14.0. The summed E-state index contributed by atoms with van der Waals surface area (Å²) in [6.07, 6.45) is 6.76. The molecule has 1 saturated heterocycles. The van der Waals surface area contributed by atoms with Crippen molar-refractivity contribution in [1.82, 2.24) is 0 Å². The number of rotatable bonds is 4. The van der Waals surface area contributed by atoms with Gasteiger partial charge in [0, 0.05) is 34.5 Å². The quantitative estimate of drug-likeness (QED) is 0.823. The highest BCUT2D eigenvalue weighted by atomic mass is 35.5. The minimum Gasteiger partial charge on any atom is -0.330 e. The van der Waals surface area contributed by atoms with Crippen LogP contribution >= 0.6 is 23.2 Å². The zero-order chi connectivity index (χ0) is 14.9. The lowest BCUT2D eigenvalue weighted by Gasteiger charge is -2.40. The van der Waals surface area contributed by atoms with Gasteiger partial charge in [0.15, 0.2) is 0 Å². The van der Waals surface area contributed by atoms with Gasteiger partial charge in [0.1, 0.15) is 6.54 Å². The summed E-state index contributed by atoms with van der Waals surface area (Å²) in [5.74, 6) is 0.681. The number of nitrogens with zero attached hydrogens (tertiary/aromatic N) is 1. The molecule has 116 valence electrons. The van der Waals surface area contributed by atoms with Crippen LogP contribution in [0, 0.1) is 5.92 Å². The molecule has 1 aliphatic heterocycles. The first-order chi connectivity index (χ1) is 10.1. The van der Waals surface area contributed by atoms with Crippen molar-refractivity contribution in [2.45, 2.75) is 44.7 Å². The molecule has 1 aromatic rings. The van der Waals surface area contributed by atoms with Crippen LogP contribution in [0.5, 0.6) is 0 Å². The molecule has 0 radical (unpaired) electrons. The second-order valence-electron chi connectivity index (χ2n) is 6.89. The van der Waals surface area contributed by atoms with Crippen LogP contribution in [0.15, 0.2) is 18.2 Å². The third-order valence-electron chi connectivity index (χ3n) is 5.46. The van der Waals surface area contributed by atoms with Gasteiger partial charge in [0.2, 0.25) is 0 Å². The summed E-state index contributed by atoms with van der Waals surface area (Å²) in [5, 5.41) is 1.49. The molecule has 2 N–H and O–H groups in total. The normalized spacial score (nSPS) is 30.1. The maximum Gasteiger partial charge on any atom is 0.105 e. The van der Waals surface area contributed by atoms with Gasteiger partial charge < -0.3 is 10.2 Å². The molecule has 2 aliphatic rings. The molecule has 1 aromatic carbocycles. The highest BCUT2D eigenvalue weighted by molar-refractivity contribution is 6.34. The van der Waals surface area contributed by atoms with E-state index in [9.17, 15) is 0 Å². The Morgan fingerprint density at radius 3 is 2.29 bits per heavy atom. The SMILES string of the molecule is NC[C@H]1CC[N+](Cc2cc(Cl)cc(Cl)c2)(C2CCCC2)C1. The van der Waals surface area contributed by atoms with Gasteiger partial charge in [0.25, 0.3) is 0 Å². The fourth-order valence-electron chi connectivity index (χ4n) is 4.45. The third-order valence-corrected chi connectivity index (χ3v) is 5.89. The Balaban J connectivity index is 1.85. The van der Waals surface area contributed by atoms with E-state index < -0.39 is 0 Å². The van der Waals surface area contributed by atoms with Crippen molar-refractivity contribution in [3.05, 3.63) is 33.8 Å². The van der Waals surface area contributed by atoms with Crippen LogP contribution in [0.2, 0.25) is 10.0 Å². The summed E-state index contributed by atoms with van der Waals surface area (Å²) >= 11 is 12.4. The van der Waals surface area contributed by atoms with E-state index >= 15 is 0 Å². The Labute approximate surface area is 137 Å². The molecule has 2 atom stereocenters. The van der Waals surface area contributed by atoms with Crippen molar-refractivity contribution >= 4 is 23.2 Å². The van der Waals surface area contributed by atoms with Crippen LogP contribution in [-0.2, 0) is 6.54 Å². The molecule has 1 heterocycles. The van der Waals surface area contributed by atoms with Gasteiger partial charge in [-0.05, 0) is 43.9 Å². The summed E-state index contributed by atoms with van der Waals surface area (Å²) in [5.41, 5.74) is 7.22. The molecule has 4 heteroatoms. The highest BCUT2D eigenvalue weighted by Crippen LogP contribution is 2.38. The number of benzene rings is 1. The molecule has 1 aliphatic carbocycles. The molecule has 0 bridgehead atoms. The number of halogens is 2. The first-order valence-electron chi connectivity index (χ1n) is 8.12. The number of nitrogens with two attached hydrogens (primary N) is 1. The van der Waals surface area contributed by atoms with Gasteiger partial charge in [-0.15, -0.1) is 0 Å². The molecule has 1 saturated carbocycles. The first-order valence-corrected chi connectivity index (χ1v) is 8.88. The van der Waals surface area contributed by atoms with Crippen molar-refractivity contribution < 1.29 is 4.48 Å². The van der Waals surface area contributed by atoms with E-state index in [1.54, 1.807) is 0 Å². The Morgan fingerprint density at radius 1 is 1.05 bits per heavy atom. The molecule has 0 amide bonds. The average Bonchev–Trinajstić information content (AvgIpc) is 3.06. The predicted octanol–water partition coefficient (Wildman–Crippen LogP) is 4.23. The fraction of sp³-hybridized carbons (Fsp3) is 0.647. The third kappa shape index (κ3) is 3.39. The van der Waals surface area contributed by atoms with Crippen molar-refractivity contribution in [3.8, 4) is 0 Å². The molecule has 2 fully saturated rings. The molecule has 1 unspecified atom stereocenters. The summed E-state index contributed by atoms with van der Waals surface area (Å²) < 4.78 is 1.21. The van der Waals surface area contributed by atoms with Gasteiger partial charge >= 0.3 is 0 Å². The molecule has 0 spiro atoms. The van der Waals surface area contributed by atoms with E-state index in [1.807, 2.05) is 6.07 Å². The maximum atomic E-state index is 6.19. The highest BCUT2D eigenvalue weighted by Gasteiger charge is 2.44. The van der Waals surface area contributed by atoms with Crippen LogP contribution < -0.4 is 5.73 Å². The minimum atomic E-state index is 0.681. The number of quaternary nitrogens is 1. The summed E-state index contributed by atoms with van der Waals surface area (Å²) in [6, 6.07) is 6.79. The Hall–Kier alpha value is -0.280. The van der Waals surface area contributed by atoms with Crippen LogP contribution in [0.3, 0.4) is 0 Å². The van der Waals surface area contributed by atoms with Crippen LogP contribution in [-0.4, -0.2) is 30.2 Å². The Morgan fingerprint density at radius 2 is 1.71 bits per heavy atom. The van der Waals surface area contributed by atoms with E-state index in [4.69, 9.17) is 28.9 Å². The number of hydrogen-bond acceptors (Lipinski definition) is 1. The summed E-state index contributed by atoms with van der Waals surface area (Å²) in [7, 11) is 0.